The van der Waals surface area contributed by atoms with Crippen molar-refractivity contribution in [3.63, 3.8) is 0 Å². The third-order valence-electron chi connectivity index (χ3n) is 3.66. The number of hydrogen-bond donors (Lipinski definition) is 1. The Labute approximate surface area is 131 Å². The van der Waals surface area contributed by atoms with Crippen molar-refractivity contribution in [2.75, 3.05) is 0 Å². The fourth-order valence-corrected chi connectivity index (χ4v) is 3.03. The van der Waals surface area contributed by atoms with Crippen LogP contribution < -0.4 is 5.73 Å². The van der Waals surface area contributed by atoms with Gasteiger partial charge in [0, 0.05) is 6.04 Å². The van der Waals surface area contributed by atoms with Crippen LogP contribution >= 0.6 is 15.9 Å². The van der Waals surface area contributed by atoms with Crippen LogP contribution in [0.3, 0.4) is 0 Å². The maximum atomic E-state index is 13.3. The molecule has 0 radical (unpaired) electrons. The topological polar surface area (TPSA) is 26.0 Å². The molecule has 3 aromatic carbocycles. The summed E-state index contributed by atoms with van der Waals surface area (Å²) in [6.45, 7) is 0. The molecule has 0 bridgehead atoms. The van der Waals surface area contributed by atoms with Crippen molar-refractivity contribution in [2.45, 2.75) is 12.5 Å². The Morgan fingerprint density at radius 1 is 1.00 bits per heavy atom. The first-order valence-electron chi connectivity index (χ1n) is 6.82. The fourth-order valence-electron chi connectivity index (χ4n) is 2.60. The highest BCUT2D eigenvalue weighted by Gasteiger charge is 2.11. The van der Waals surface area contributed by atoms with Gasteiger partial charge in [0.25, 0.3) is 0 Å². The number of rotatable bonds is 3. The van der Waals surface area contributed by atoms with Crippen LogP contribution in [-0.2, 0) is 6.42 Å². The second kappa shape index (κ2) is 5.96. The van der Waals surface area contributed by atoms with Gasteiger partial charge in [-0.1, -0.05) is 48.5 Å². The van der Waals surface area contributed by atoms with Gasteiger partial charge in [-0.05, 0) is 56.4 Å². The van der Waals surface area contributed by atoms with Gasteiger partial charge in [-0.25, -0.2) is 4.39 Å². The lowest BCUT2D eigenvalue weighted by Gasteiger charge is -2.15. The molecule has 0 spiro atoms. The molecule has 1 unspecified atom stereocenters. The van der Waals surface area contributed by atoms with Gasteiger partial charge < -0.3 is 5.73 Å². The molecule has 0 aliphatic heterocycles. The molecule has 21 heavy (non-hydrogen) atoms. The molecule has 3 rings (SSSR count). The molecule has 0 fully saturated rings. The molecule has 0 saturated heterocycles. The lowest BCUT2D eigenvalue weighted by Crippen LogP contribution is -2.13. The Bertz CT molecular complexity index is 780. The Kier molecular flexibility index (Phi) is 4.04. The summed E-state index contributed by atoms with van der Waals surface area (Å²) in [6, 6.07) is 19.3. The first kappa shape index (κ1) is 14.2. The van der Waals surface area contributed by atoms with Crippen LogP contribution in [0.2, 0.25) is 0 Å². The first-order chi connectivity index (χ1) is 10.1. The van der Waals surface area contributed by atoms with Crippen LogP contribution in [0.1, 0.15) is 17.2 Å². The minimum absolute atomic E-state index is 0.117. The van der Waals surface area contributed by atoms with Crippen molar-refractivity contribution in [1.82, 2.24) is 0 Å². The predicted molar refractivity (Wildman–Crippen MR) is 88.7 cm³/mol. The molecule has 3 aromatic rings. The van der Waals surface area contributed by atoms with E-state index in [0.29, 0.717) is 10.9 Å². The van der Waals surface area contributed by atoms with E-state index in [1.165, 1.54) is 16.8 Å². The Hall–Kier alpha value is -1.71. The molecular weight excluding hydrogens is 329 g/mol. The molecule has 0 saturated carbocycles. The summed E-state index contributed by atoms with van der Waals surface area (Å²) in [4.78, 5) is 0. The molecule has 0 heterocycles. The zero-order chi connectivity index (χ0) is 14.8. The summed E-state index contributed by atoms with van der Waals surface area (Å²) in [5.41, 5.74) is 8.51. The second-order valence-electron chi connectivity index (χ2n) is 5.13. The monoisotopic (exact) mass is 343 g/mol. The molecule has 0 aliphatic rings. The number of hydrogen-bond acceptors (Lipinski definition) is 1. The van der Waals surface area contributed by atoms with E-state index in [-0.39, 0.29) is 11.9 Å². The van der Waals surface area contributed by atoms with Crippen LogP contribution in [-0.4, -0.2) is 0 Å². The Balaban J connectivity index is 1.93. The van der Waals surface area contributed by atoms with Crippen LogP contribution in [0, 0.1) is 5.82 Å². The number of halogens is 2. The first-order valence-corrected chi connectivity index (χ1v) is 7.61. The highest BCUT2D eigenvalue weighted by molar-refractivity contribution is 9.10. The summed E-state index contributed by atoms with van der Waals surface area (Å²) < 4.78 is 13.8. The zero-order valence-electron chi connectivity index (χ0n) is 11.4. The molecule has 2 N–H and O–H groups in total. The van der Waals surface area contributed by atoms with Gasteiger partial charge in [-0.15, -0.1) is 0 Å². The highest BCUT2D eigenvalue weighted by Crippen LogP contribution is 2.26. The average Bonchev–Trinajstić information content (AvgIpc) is 2.50. The molecular formula is C18H15BrFN. The van der Waals surface area contributed by atoms with Gasteiger partial charge in [-0.3, -0.25) is 0 Å². The smallest absolute Gasteiger partial charge is 0.137 e. The van der Waals surface area contributed by atoms with Crippen molar-refractivity contribution in [1.29, 1.82) is 0 Å². The van der Waals surface area contributed by atoms with Crippen LogP contribution in [0.15, 0.2) is 65.1 Å². The molecule has 106 valence electrons. The van der Waals surface area contributed by atoms with Gasteiger partial charge >= 0.3 is 0 Å². The summed E-state index contributed by atoms with van der Waals surface area (Å²) in [6.07, 6.45) is 0.673. The van der Waals surface area contributed by atoms with Gasteiger partial charge in [0.1, 0.15) is 5.82 Å². The van der Waals surface area contributed by atoms with Crippen molar-refractivity contribution < 1.29 is 4.39 Å². The summed E-state index contributed by atoms with van der Waals surface area (Å²) in [5.74, 6) is -0.252. The van der Waals surface area contributed by atoms with E-state index in [1.54, 1.807) is 12.1 Å². The van der Waals surface area contributed by atoms with E-state index in [4.69, 9.17) is 5.73 Å². The van der Waals surface area contributed by atoms with Crippen LogP contribution in [0.4, 0.5) is 4.39 Å². The standard InChI is InChI=1S/C18H15BrFN/c19-16-10-12(8-9-17(16)20)11-18(21)15-7-3-5-13-4-1-2-6-14(13)15/h1-10,18H,11,21H2. The second-order valence-corrected chi connectivity index (χ2v) is 5.98. The highest BCUT2D eigenvalue weighted by atomic mass is 79.9. The van der Waals surface area contributed by atoms with E-state index in [9.17, 15) is 4.39 Å². The largest absolute Gasteiger partial charge is 0.324 e. The minimum atomic E-state index is -0.252. The van der Waals surface area contributed by atoms with E-state index >= 15 is 0 Å². The third-order valence-corrected chi connectivity index (χ3v) is 4.27. The normalized spacial score (nSPS) is 12.5. The van der Waals surface area contributed by atoms with Crippen molar-refractivity contribution in [3.05, 3.63) is 82.1 Å². The molecule has 1 nitrogen and oxygen atoms in total. The van der Waals surface area contributed by atoms with Crippen LogP contribution in [0.5, 0.6) is 0 Å². The summed E-state index contributed by atoms with van der Waals surface area (Å²) in [7, 11) is 0. The van der Waals surface area contributed by atoms with Crippen molar-refractivity contribution in [2.24, 2.45) is 5.73 Å². The SMILES string of the molecule is NC(Cc1ccc(F)c(Br)c1)c1cccc2ccccc12. The Morgan fingerprint density at radius 2 is 1.76 bits per heavy atom. The van der Waals surface area contributed by atoms with Crippen molar-refractivity contribution >= 4 is 26.7 Å². The summed E-state index contributed by atoms with van der Waals surface area (Å²) >= 11 is 3.22. The Morgan fingerprint density at radius 3 is 2.57 bits per heavy atom. The minimum Gasteiger partial charge on any atom is -0.324 e. The van der Waals surface area contributed by atoms with Crippen LogP contribution in [0.25, 0.3) is 10.8 Å². The van der Waals surface area contributed by atoms with E-state index < -0.39 is 0 Å². The zero-order valence-corrected chi connectivity index (χ0v) is 13.0. The van der Waals surface area contributed by atoms with Crippen molar-refractivity contribution in [3.8, 4) is 0 Å². The molecule has 3 heteroatoms. The average molecular weight is 344 g/mol. The molecule has 0 aromatic heterocycles. The maximum Gasteiger partial charge on any atom is 0.137 e. The number of benzene rings is 3. The van der Waals surface area contributed by atoms with E-state index in [2.05, 4.69) is 40.2 Å². The molecule has 0 amide bonds. The quantitative estimate of drug-likeness (QED) is 0.712. The fraction of sp³-hybridized carbons (Fsp3) is 0.111. The van der Waals surface area contributed by atoms with Gasteiger partial charge in [0.05, 0.1) is 4.47 Å². The van der Waals surface area contributed by atoms with Gasteiger partial charge in [0.15, 0.2) is 0 Å². The summed E-state index contributed by atoms with van der Waals surface area (Å²) in [5, 5.41) is 2.36. The van der Waals surface area contributed by atoms with E-state index in [0.717, 1.165) is 11.1 Å². The predicted octanol–water partition coefficient (Wildman–Crippen LogP) is 4.98. The molecule has 0 aliphatic carbocycles. The lowest BCUT2D eigenvalue weighted by molar-refractivity contribution is 0.619. The van der Waals surface area contributed by atoms with E-state index in [1.807, 2.05) is 18.2 Å². The third kappa shape index (κ3) is 2.99. The maximum absolute atomic E-state index is 13.3. The number of nitrogens with two attached hydrogens (primary N) is 1. The number of fused-ring (bicyclic) bond motifs is 1. The molecule has 1 atom stereocenters. The van der Waals surface area contributed by atoms with Gasteiger partial charge in [0.2, 0.25) is 0 Å². The van der Waals surface area contributed by atoms with Gasteiger partial charge in [-0.2, -0.15) is 0 Å². The lowest BCUT2D eigenvalue weighted by atomic mass is 9.95.